The van der Waals surface area contributed by atoms with Gasteiger partial charge in [0, 0.05) is 65.3 Å². The van der Waals surface area contributed by atoms with Crippen molar-refractivity contribution in [3.05, 3.63) is 48.0 Å². The van der Waals surface area contributed by atoms with Crippen LogP contribution in [0.3, 0.4) is 0 Å². The summed E-state index contributed by atoms with van der Waals surface area (Å²) in [6, 6.07) is 7.41. The van der Waals surface area contributed by atoms with Crippen LogP contribution in [0.4, 0.5) is 0 Å². The highest BCUT2D eigenvalue weighted by Crippen LogP contribution is 2.23. The van der Waals surface area contributed by atoms with E-state index in [1.165, 1.54) is 10.4 Å². The number of hydrogen-bond acceptors (Lipinski definition) is 5. The normalized spacial score (nSPS) is 19.0. The highest BCUT2D eigenvalue weighted by Gasteiger charge is 2.31. The molecule has 29 heavy (non-hydrogen) atoms. The van der Waals surface area contributed by atoms with Crippen LogP contribution in [0, 0.1) is 0 Å². The Morgan fingerprint density at radius 1 is 1.07 bits per heavy atom. The average molecular weight is 418 g/mol. The fourth-order valence-corrected chi connectivity index (χ4v) is 5.55. The quantitative estimate of drug-likeness (QED) is 0.730. The van der Waals surface area contributed by atoms with Crippen molar-refractivity contribution in [2.75, 3.05) is 39.3 Å². The van der Waals surface area contributed by atoms with Crippen molar-refractivity contribution in [2.24, 2.45) is 7.05 Å². The van der Waals surface area contributed by atoms with E-state index in [-0.39, 0.29) is 10.8 Å². The molecular formula is C20H27N5O3S. The van der Waals surface area contributed by atoms with Crippen LogP contribution in [0.25, 0.3) is 0 Å². The lowest BCUT2D eigenvalue weighted by atomic mass is 10.2. The predicted octanol–water partition coefficient (Wildman–Crippen LogP) is 1.16. The first-order valence-corrected chi connectivity index (χ1v) is 11.5. The minimum atomic E-state index is -3.52. The van der Waals surface area contributed by atoms with Gasteiger partial charge in [-0.2, -0.15) is 4.31 Å². The van der Waals surface area contributed by atoms with Gasteiger partial charge in [-0.3, -0.25) is 14.7 Å². The molecule has 2 aromatic heterocycles. The molecule has 8 nitrogen and oxygen atoms in total. The number of sulfonamides is 1. The number of aryl methyl sites for hydroxylation is 1. The Labute approximate surface area is 171 Å². The molecule has 0 unspecified atom stereocenters. The van der Waals surface area contributed by atoms with Crippen molar-refractivity contribution >= 4 is 15.9 Å². The molecule has 0 saturated carbocycles. The maximum atomic E-state index is 13.0. The number of piperazine rings is 1. The van der Waals surface area contributed by atoms with E-state index in [1.54, 1.807) is 28.9 Å². The summed E-state index contributed by atoms with van der Waals surface area (Å²) in [5, 5.41) is 0. The smallest absolute Gasteiger partial charge is 0.270 e. The molecule has 1 amide bonds. The van der Waals surface area contributed by atoms with Gasteiger partial charge in [-0.15, -0.1) is 0 Å². The molecule has 0 aromatic carbocycles. The van der Waals surface area contributed by atoms with Crippen LogP contribution in [0.1, 0.15) is 29.0 Å². The van der Waals surface area contributed by atoms with E-state index in [1.807, 2.05) is 18.2 Å². The van der Waals surface area contributed by atoms with Gasteiger partial charge in [0.15, 0.2) is 0 Å². The Balaban J connectivity index is 1.41. The maximum Gasteiger partial charge on any atom is 0.270 e. The summed E-state index contributed by atoms with van der Waals surface area (Å²) in [6.45, 7) is 4.65. The fraction of sp³-hybridized carbons (Fsp3) is 0.500. The van der Waals surface area contributed by atoms with E-state index in [4.69, 9.17) is 0 Å². The number of aromatic nitrogens is 2. The SMILES string of the molecule is Cn1cc(S(=O)(=O)N2CCCC2)cc1C(=O)N1CCN(Cc2ccccn2)CC1. The average Bonchev–Trinajstić information content (AvgIpc) is 3.39. The molecule has 0 radical (unpaired) electrons. The largest absolute Gasteiger partial charge is 0.345 e. The Morgan fingerprint density at radius 3 is 2.45 bits per heavy atom. The van der Waals surface area contributed by atoms with Crippen LogP contribution < -0.4 is 0 Å². The van der Waals surface area contributed by atoms with Gasteiger partial charge in [-0.05, 0) is 31.0 Å². The van der Waals surface area contributed by atoms with Crippen LogP contribution >= 0.6 is 0 Å². The molecule has 0 N–H and O–H groups in total. The molecule has 9 heteroatoms. The van der Waals surface area contributed by atoms with Gasteiger partial charge < -0.3 is 9.47 Å². The van der Waals surface area contributed by atoms with Gasteiger partial charge in [-0.25, -0.2) is 8.42 Å². The zero-order valence-electron chi connectivity index (χ0n) is 16.7. The van der Waals surface area contributed by atoms with Crippen LogP contribution in [0.15, 0.2) is 41.6 Å². The van der Waals surface area contributed by atoms with Crippen LogP contribution in [-0.4, -0.2) is 77.2 Å². The van der Waals surface area contributed by atoms with Crippen molar-refractivity contribution in [1.82, 2.24) is 23.7 Å². The number of nitrogens with zero attached hydrogens (tertiary/aromatic N) is 5. The Bertz CT molecular complexity index is 959. The third kappa shape index (κ3) is 4.22. The highest BCUT2D eigenvalue weighted by atomic mass is 32.2. The zero-order chi connectivity index (χ0) is 20.4. The minimum Gasteiger partial charge on any atom is -0.345 e. The number of amides is 1. The summed E-state index contributed by atoms with van der Waals surface area (Å²) in [6.07, 6.45) is 5.12. The molecule has 0 spiro atoms. The summed E-state index contributed by atoms with van der Waals surface area (Å²) in [5.74, 6) is -0.118. The van der Waals surface area contributed by atoms with Crippen molar-refractivity contribution < 1.29 is 13.2 Å². The van der Waals surface area contributed by atoms with Crippen LogP contribution in [-0.2, 0) is 23.6 Å². The third-order valence-electron chi connectivity index (χ3n) is 5.67. The summed E-state index contributed by atoms with van der Waals surface area (Å²) in [5.41, 5.74) is 1.44. The molecule has 4 rings (SSSR count). The van der Waals surface area contributed by atoms with Crippen molar-refractivity contribution in [3.8, 4) is 0 Å². The molecule has 2 aliphatic rings. The van der Waals surface area contributed by atoms with Gasteiger partial charge in [0.25, 0.3) is 5.91 Å². The number of carbonyl (C=O) groups excluding carboxylic acids is 1. The third-order valence-corrected chi connectivity index (χ3v) is 7.54. The zero-order valence-corrected chi connectivity index (χ0v) is 17.5. The lowest BCUT2D eigenvalue weighted by molar-refractivity contribution is 0.0617. The molecule has 4 heterocycles. The molecule has 0 atom stereocenters. The first-order chi connectivity index (χ1) is 13.9. The molecule has 0 aliphatic carbocycles. The van der Waals surface area contributed by atoms with E-state index in [9.17, 15) is 13.2 Å². The molecule has 2 fully saturated rings. The standard InChI is InChI=1S/C20H27N5O3S/c1-22-16-18(29(27,28)25-8-4-5-9-25)14-19(22)20(26)24-12-10-23(11-13-24)15-17-6-2-3-7-21-17/h2-3,6-7,14,16H,4-5,8-13,15H2,1H3. The van der Waals surface area contributed by atoms with Crippen LogP contribution in [0.2, 0.25) is 0 Å². The van der Waals surface area contributed by atoms with E-state index >= 15 is 0 Å². The first kappa shape index (κ1) is 20.1. The number of pyridine rings is 1. The lowest BCUT2D eigenvalue weighted by Gasteiger charge is -2.34. The van der Waals surface area contributed by atoms with E-state index in [2.05, 4.69) is 9.88 Å². The summed E-state index contributed by atoms with van der Waals surface area (Å²) in [7, 11) is -1.79. The van der Waals surface area contributed by atoms with Crippen molar-refractivity contribution in [1.29, 1.82) is 0 Å². The molecule has 2 aromatic rings. The van der Waals surface area contributed by atoms with E-state index in [0.717, 1.165) is 38.2 Å². The second kappa shape index (κ2) is 8.25. The predicted molar refractivity (Wildman–Crippen MR) is 109 cm³/mol. The van der Waals surface area contributed by atoms with E-state index < -0.39 is 10.0 Å². The summed E-state index contributed by atoms with van der Waals surface area (Å²) >= 11 is 0. The molecule has 156 valence electrons. The fourth-order valence-electron chi connectivity index (χ4n) is 3.96. The van der Waals surface area contributed by atoms with Gasteiger partial charge in [-0.1, -0.05) is 6.07 Å². The van der Waals surface area contributed by atoms with Crippen molar-refractivity contribution in [2.45, 2.75) is 24.3 Å². The number of carbonyl (C=O) groups is 1. The Kier molecular flexibility index (Phi) is 5.71. The summed E-state index contributed by atoms with van der Waals surface area (Å²) in [4.78, 5) is 21.7. The summed E-state index contributed by atoms with van der Waals surface area (Å²) < 4.78 is 28.7. The first-order valence-electron chi connectivity index (χ1n) is 10.0. The molecular weight excluding hydrogens is 390 g/mol. The monoisotopic (exact) mass is 417 g/mol. The number of hydrogen-bond donors (Lipinski definition) is 0. The lowest BCUT2D eigenvalue weighted by Crippen LogP contribution is -2.48. The van der Waals surface area contributed by atoms with Crippen molar-refractivity contribution in [3.63, 3.8) is 0 Å². The van der Waals surface area contributed by atoms with E-state index in [0.29, 0.717) is 31.9 Å². The Hall–Kier alpha value is -2.23. The molecule has 0 bridgehead atoms. The van der Waals surface area contributed by atoms with Gasteiger partial charge in [0.2, 0.25) is 10.0 Å². The maximum absolute atomic E-state index is 13.0. The van der Waals surface area contributed by atoms with Crippen LogP contribution in [0.5, 0.6) is 0 Å². The van der Waals surface area contributed by atoms with Gasteiger partial charge in [0.05, 0.1) is 5.69 Å². The Morgan fingerprint density at radius 2 is 1.79 bits per heavy atom. The molecule has 2 saturated heterocycles. The second-order valence-electron chi connectivity index (χ2n) is 7.67. The molecule has 2 aliphatic heterocycles. The minimum absolute atomic E-state index is 0.118. The van der Waals surface area contributed by atoms with Gasteiger partial charge in [0.1, 0.15) is 10.6 Å². The van der Waals surface area contributed by atoms with Gasteiger partial charge >= 0.3 is 0 Å². The number of rotatable bonds is 5. The highest BCUT2D eigenvalue weighted by molar-refractivity contribution is 7.89. The topological polar surface area (TPSA) is 78.8 Å². The second-order valence-corrected chi connectivity index (χ2v) is 9.61.